The summed E-state index contributed by atoms with van der Waals surface area (Å²) in [5.74, 6) is 0.435. The number of likely N-dealkylation sites (tertiary alicyclic amines) is 1. The smallest absolute Gasteiger partial charge is 0.228 e. The van der Waals surface area contributed by atoms with Crippen LogP contribution in [0.1, 0.15) is 40.5 Å². The van der Waals surface area contributed by atoms with Gasteiger partial charge in [-0.05, 0) is 18.8 Å². The Labute approximate surface area is 121 Å². The molecule has 0 bridgehead atoms. The van der Waals surface area contributed by atoms with Crippen molar-refractivity contribution in [3.05, 3.63) is 0 Å². The van der Waals surface area contributed by atoms with Crippen LogP contribution in [0.4, 0.5) is 0 Å². The first kappa shape index (κ1) is 17.0. The largest absolute Gasteiger partial charge is 0.395 e. The molecular formula is C15H28N2O3. The van der Waals surface area contributed by atoms with E-state index >= 15 is 0 Å². The third kappa shape index (κ3) is 3.95. The second-order valence-corrected chi connectivity index (χ2v) is 6.46. The molecule has 1 rings (SSSR count). The molecule has 0 aromatic carbocycles. The minimum atomic E-state index is -0.355. The van der Waals surface area contributed by atoms with Crippen LogP contribution in [0.2, 0.25) is 0 Å². The molecule has 0 aliphatic carbocycles. The summed E-state index contributed by atoms with van der Waals surface area (Å²) in [6.45, 7) is 9.66. The van der Waals surface area contributed by atoms with E-state index in [1.165, 1.54) is 0 Å². The summed E-state index contributed by atoms with van der Waals surface area (Å²) in [5, 5.41) is 11.4. The number of aliphatic hydroxyl groups is 1. The molecule has 20 heavy (non-hydrogen) atoms. The van der Waals surface area contributed by atoms with Crippen molar-refractivity contribution in [3.8, 4) is 0 Å². The third-order valence-electron chi connectivity index (χ3n) is 4.56. The standard InChI is InChI=1S/C15H28N2O3/c1-11(2)15(3,4)14(20)17-8-5-12(6-9-17)13(19)16-7-10-18/h11-12,18H,5-10H2,1-4H3,(H,16,19). The van der Waals surface area contributed by atoms with Crippen LogP contribution in [-0.4, -0.2) is 48.1 Å². The third-order valence-corrected chi connectivity index (χ3v) is 4.56. The number of nitrogens with zero attached hydrogens (tertiary/aromatic N) is 1. The zero-order valence-corrected chi connectivity index (χ0v) is 13.1. The molecule has 5 nitrogen and oxygen atoms in total. The van der Waals surface area contributed by atoms with E-state index in [9.17, 15) is 9.59 Å². The van der Waals surface area contributed by atoms with Crippen LogP contribution in [-0.2, 0) is 9.59 Å². The molecule has 1 aliphatic rings. The van der Waals surface area contributed by atoms with Gasteiger partial charge in [-0.15, -0.1) is 0 Å². The van der Waals surface area contributed by atoms with Gasteiger partial charge in [-0.1, -0.05) is 27.7 Å². The maximum absolute atomic E-state index is 12.5. The lowest BCUT2D eigenvalue weighted by Crippen LogP contribution is -2.48. The van der Waals surface area contributed by atoms with E-state index in [0.29, 0.717) is 38.4 Å². The minimum absolute atomic E-state index is 0.00531. The van der Waals surface area contributed by atoms with E-state index in [1.54, 1.807) is 0 Å². The summed E-state index contributed by atoms with van der Waals surface area (Å²) < 4.78 is 0. The Morgan fingerprint density at radius 3 is 2.30 bits per heavy atom. The Morgan fingerprint density at radius 2 is 1.85 bits per heavy atom. The normalized spacial score (nSPS) is 17.4. The molecule has 116 valence electrons. The SMILES string of the molecule is CC(C)C(C)(C)C(=O)N1CCC(C(=O)NCCO)CC1. The van der Waals surface area contributed by atoms with Crippen LogP contribution < -0.4 is 5.32 Å². The molecule has 1 aliphatic heterocycles. The number of aliphatic hydroxyl groups excluding tert-OH is 1. The van der Waals surface area contributed by atoms with Crippen LogP contribution >= 0.6 is 0 Å². The van der Waals surface area contributed by atoms with Crippen molar-refractivity contribution < 1.29 is 14.7 Å². The second kappa shape index (κ2) is 7.07. The van der Waals surface area contributed by atoms with E-state index in [1.807, 2.05) is 18.7 Å². The lowest BCUT2D eigenvalue weighted by molar-refractivity contribution is -0.145. The van der Waals surface area contributed by atoms with E-state index in [2.05, 4.69) is 19.2 Å². The maximum atomic E-state index is 12.5. The first-order valence-corrected chi connectivity index (χ1v) is 7.48. The van der Waals surface area contributed by atoms with Gasteiger partial charge < -0.3 is 15.3 Å². The van der Waals surface area contributed by atoms with Crippen LogP contribution in [0.3, 0.4) is 0 Å². The van der Waals surface area contributed by atoms with Gasteiger partial charge in [0.15, 0.2) is 0 Å². The van der Waals surface area contributed by atoms with Crippen molar-refractivity contribution in [2.75, 3.05) is 26.2 Å². The Hall–Kier alpha value is -1.10. The fraction of sp³-hybridized carbons (Fsp3) is 0.867. The van der Waals surface area contributed by atoms with Gasteiger partial charge in [0.05, 0.1) is 6.61 Å². The van der Waals surface area contributed by atoms with Gasteiger partial charge in [-0.2, -0.15) is 0 Å². The van der Waals surface area contributed by atoms with Gasteiger partial charge in [0, 0.05) is 31.0 Å². The summed E-state index contributed by atoms with van der Waals surface area (Å²) >= 11 is 0. The predicted molar refractivity (Wildman–Crippen MR) is 78.0 cm³/mol. The molecule has 2 N–H and O–H groups in total. The fourth-order valence-electron chi connectivity index (χ4n) is 2.32. The van der Waals surface area contributed by atoms with Crippen molar-refractivity contribution in [1.29, 1.82) is 0 Å². The van der Waals surface area contributed by atoms with Crippen molar-refractivity contribution in [2.45, 2.75) is 40.5 Å². The summed E-state index contributed by atoms with van der Waals surface area (Å²) in [5.41, 5.74) is -0.355. The van der Waals surface area contributed by atoms with E-state index in [-0.39, 0.29) is 29.8 Å². The molecule has 0 radical (unpaired) electrons. The van der Waals surface area contributed by atoms with Gasteiger partial charge in [0.2, 0.25) is 11.8 Å². The summed E-state index contributed by atoms with van der Waals surface area (Å²) in [6.07, 6.45) is 1.41. The molecule has 0 aromatic rings. The number of piperidine rings is 1. The molecule has 0 saturated carbocycles. The Bertz CT molecular complexity index is 345. The van der Waals surface area contributed by atoms with Gasteiger partial charge in [-0.3, -0.25) is 9.59 Å². The highest BCUT2D eigenvalue weighted by Gasteiger charge is 2.37. The Balaban J connectivity index is 2.50. The topological polar surface area (TPSA) is 69.6 Å². The highest BCUT2D eigenvalue weighted by atomic mass is 16.3. The van der Waals surface area contributed by atoms with Crippen molar-refractivity contribution in [1.82, 2.24) is 10.2 Å². The molecule has 0 atom stereocenters. The molecule has 2 amide bonds. The average molecular weight is 284 g/mol. The Kier molecular flexibility index (Phi) is 5.99. The summed E-state index contributed by atoms with van der Waals surface area (Å²) in [4.78, 5) is 26.2. The molecule has 1 saturated heterocycles. The van der Waals surface area contributed by atoms with Gasteiger partial charge in [0.25, 0.3) is 0 Å². The number of carbonyl (C=O) groups excluding carboxylic acids is 2. The number of carbonyl (C=O) groups is 2. The second-order valence-electron chi connectivity index (χ2n) is 6.46. The first-order chi connectivity index (χ1) is 9.30. The highest BCUT2D eigenvalue weighted by molar-refractivity contribution is 5.83. The van der Waals surface area contributed by atoms with Gasteiger partial charge in [0.1, 0.15) is 0 Å². The van der Waals surface area contributed by atoms with Crippen LogP contribution in [0.15, 0.2) is 0 Å². The monoisotopic (exact) mass is 284 g/mol. The fourth-order valence-corrected chi connectivity index (χ4v) is 2.32. The van der Waals surface area contributed by atoms with Crippen LogP contribution in [0.25, 0.3) is 0 Å². The molecule has 0 aromatic heterocycles. The lowest BCUT2D eigenvalue weighted by atomic mass is 9.79. The number of amides is 2. The van der Waals surface area contributed by atoms with E-state index in [0.717, 1.165) is 0 Å². The molecule has 0 spiro atoms. The number of nitrogens with one attached hydrogen (secondary N) is 1. The first-order valence-electron chi connectivity index (χ1n) is 7.48. The molecule has 0 unspecified atom stereocenters. The number of hydrogen-bond donors (Lipinski definition) is 2. The number of rotatable bonds is 5. The Morgan fingerprint density at radius 1 is 1.30 bits per heavy atom. The van der Waals surface area contributed by atoms with Crippen LogP contribution in [0.5, 0.6) is 0 Å². The van der Waals surface area contributed by atoms with Gasteiger partial charge >= 0.3 is 0 Å². The zero-order valence-electron chi connectivity index (χ0n) is 13.1. The van der Waals surface area contributed by atoms with E-state index in [4.69, 9.17) is 5.11 Å². The average Bonchev–Trinajstić information content (AvgIpc) is 2.43. The minimum Gasteiger partial charge on any atom is -0.395 e. The number of hydrogen-bond acceptors (Lipinski definition) is 3. The van der Waals surface area contributed by atoms with Crippen molar-refractivity contribution in [2.24, 2.45) is 17.3 Å². The predicted octanol–water partition coefficient (Wildman–Crippen LogP) is 1.02. The summed E-state index contributed by atoms with van der Waals surface area (Å²) in [7, 11) is 0. The quantitative estimate of drug-likeness (QED) is 0.792. The zero-order chi connectivity index (χ0) is 15.3. The van der Waals surface area contributed by atoms with Gasteiger partial charge in [-0.25, -0.2) is 0 Å². The lowest BCUT2D eigenvalue weighted by Gasteiger charge is -2.38. The summed E-state index contributed by atoms with van der Waals surface area (Å²) in [6, 6.07) is 0. The molecule has 1 fully saturated rings. The maximum Gasteiger partial charge on any atom is 0.228 e. The molecule has 1 heterocycles. The van der Waals surface area contributed by atoms with Crippen LogP contribution in [0, 0.1) is 17.3 Å². The molecule has 5 heteroatoms. The highest BCUT2D eigenvalue weighted by Crippen LogP contribution is 2.30. The van der Waals surface area contributed by atoms with Crippen molar-refractivity contribution in [3.63, 3.8) is 0 Å². The molecular weight excluding hydrogens is 256 g/mol. The van der Waals surface area contributed by atoms with Crippen molar-refractivity contribution >= 4 is 11.8 Å². The van der Waals surface area contributed by atoms with E-state index < -0.39 is 0 Å².